The van der Waals surface area contributed by atoms with Gasteiger partial charge in [-0.15, -0.1) is 9.24 Å². The molecule has 1 saturated heterocycles. The summed E-state index contributed by atoms with van der Waals surface area (Å²) in [4.78, 5) is 11.7. The molecule has 7 heteroatoms. The van der Waals surface area contributed by atoms with Crippen molar-refractivity contribution in [2.75, 3.05) is 5.75 Å². The molecule has 1 heterocycles. The Balaban J connectivity index is 1.59. The molecule has 5 nitrogen and oxygen atoms in total. The monoisotopic (exact) mass is 467 g/mol. The van der Waals surface area contributed by atoms with Crippen LogP contribution >= 0.6 is 21.0 Å². The maximum Gasteiger partial charge on any atom is 0.216 e. The lowest BCUT2D eigenvalue weighted by atomic mass is 9.98. The van der Waals surface area contributed by atoms with Crippen LogP contribution in [0.4, 0.5) is 0 Å². The lowest BCUT2D eigenvalue weighted by Crippen LogP contribution is -2.61. The van der Waals surface area contributed by atoms with Gasteiger partial charge < -0.3 is 20.3 Å². The lowest BCUT2D eigenvalue weighted by molar-refractivity contribution is -0.211. The highest BCUT2D eigenvalue weighted by Crippen LogP contribution is 2.28. The lowest BCUT2D eigenvalue weighted by Gasteiger charge is -2.41. The number of carbonyl (C=O) groups excluding carboxylic acids is 1. The van der Waals surface area contributed by atoms with Crippen molar-refractivity contribution in [3.63, 3.8) is 0 Å². The molecule has 31 heavy (non-hydrogen) atoms. The molecule has 0 radical (unpaired) electrons. The first-order valence-corrected chi connectivity index (χ1v) is 12.9. The van der Waals surface area contributed by atoms with Crippen LogP contribution in [-0.2, 0) is 20.0 Å². The summed E-state index contributed by atoms with van der Waals surface area (Å²) in [6, 6.07) is 10.1. The normalized spacial score (nSPS) is 26.9. The molecule has 1 aromatic carbocycles. The first kappa shape index (κ1) is 26.3. The fourth-order valence-corrected chi connectivity index (χ4v) is 5.13. The van der Waals surface area contributed by atoms with E-state index in [1.807, 2.05) is 11.8 Å². The summed E-state index contributed by atoms with van der Waals surface area (Å²) in [5, 5.41) is 10.2. The van der Waals surface area contributed by atoms with Crippen molar-refractivity contribution in [2.45, 2.75) is 81.9 Å². The maximum atomic E-state index is 11.7. The molecule has 1 aromatic rings. The number of allylic oxidation sites excluding steroid dienone is 1. The number of hydrogen-bond acceptors (Lipinski definition) is 6. The minimum Gasteiger partial charge on any atom is -0.468 e. The van der Waals surface area contributed by atoms with E-state index in [-0.39, 0.29) is 11.4 Å². The standard InChI is InChI=1S/C24H38NO4PS/c1-16(13-14-31-15-19-11-5-4-6-12-19)9-7-8-10-17(2)28-24-20(25)23(30)21(27)22(29-24)18(3)26/h4-6,11-12,16,20-24,27H,2,7-10,13-15,25,30H2,1,3H3. The molecule has 0 amide bonds. The Morgan fingerprint density at radius 3 is 2.71 bits per heavy atom. The topological polar surface area (TPSA) is 81.8 Å². The summed E-state index contributed by atoms with van der Waals surface area (Å²) in [5.74, 6) is 3.34. The van der Waals surface area contributed by atoms with Gasteiger partial charge in [0.1, 0.15) is 6.10 Å². The van der Waals surface area contributed by atoms with Gasteiger partial charge in [-0.05, 0) is 37.0 Å². The summed E-state index contributed by atoms with van der Waals surface area (Å²) in [7, 11) is 2.50. The van der Waals surface area contributed by atoms with Gasteiger partial charge in [0.05, 0.1) is 17.9 Å². The van der Waals surface area contributed by atoms with Crippen molar-refractivity contribution in [1.29, 1.82) is 0 Å². The highest BCUT2D eigenvalue weighted by Gasteiger charge is 2.44. The number of aliphatic hydroxyl groups is 1. The largest absolute Gasteiger partial charge is 0.468 e. The minimum absolute atomic E-state index is 0.234. The highest BCUT2D eigenvalue weighted by molar-refractivity contribution is 7.98. The van der Waals surface area contributed by atoms with Crippen molar-refractivity contribution >= 4 is 26.8 Å². The van der Waals surface area contributed by atoms with Crippen LogP contribution < -0.4 is 5.73 Å². The van der Waals surface area contributed by atoms with Crippen molar-refractivity contribution in [2.24, 2.45) is 11.7 Å². The molecule has 0 spiro atoms. The van der Waals surface area contributed by atoms with E-state index in [0.29, 0.717) is 11.7 Å². The smallest absolute Gasteiger partial charge is 0.216 e. The number of ether oxygens (including phenoxy) is 2. The van der Waals surface area contributed by atoms with Crippen molar-refractivity contribution < 1.29 is 19.4 Å². The molecule has 0 bridgehead atoms. The van der Waals surface area contributed by atoms with Crippen molar-refractivity contribution in [3.05, 3.63) is 48.2 Å². The molecular formula is C24H38NO4PS. The van der Waals surface area contributed by atoms with Gasteiger partial charge in [-0.2, -0.15) is 11.8 Å². The Hall–Kier alpha value is -0.910. The van der Waals surface area contributed by atoms with Crippen LogP contribution in [0.15, 0.2) is 42.7 Å². The first-order valence-electron chi connectivity index (χ1n) is 11.1. The summed E-state index contributed by atoms with van der Waals surface area (Å²) in [6.45, 7) is 7.70. The highest BCUT2D eigenvalue weighted by atomic mass is 32.2. The third-order valence-electron chi connectivity index (χ3n) is 5.70. The average Bonchev–Trinajstić information content (AvgIpc) is 2.75. The summed E-state index contributed by atoms with van der Waals surface area (Å²) >= 11 is 2.00. The maximum absolute atomic E-state index is 11.7. The minimum atomic E-state index is -0.946. The van der Waals surface area contributed by atoms with Gasteiger partial charge in [-0.3, -0.25) is 4.79 Å². The predicted octanol–water partition coefficient (Wildman–Crippen LogP) is 4.28. The Bertz CT molecular complexity index is 689. The van der Waals surface area contributed by atoms with Crippen molar-refractivity contribution in [1.82, 2.24) is 0 Å². The van der Waals surface area contributed by atoms with Crippen LogP contribution in [0.3, 0.4) is 0 Å². The molecule has 1 aliphatic heterocycles. The van der Waals surface area contributed by atoms with E-state index in [1.54, 1.807) is 0 Å². The van der Waals surface area contributed by atoms with Gasteiger partial charge in [0.25, 0.3) is 0 Å². The SMILES string of the molecule is C=C(CCCCC(C)CCSCc1ccccc1)OC1OC(C(C)=O)C(O)C(P)C1N. The number of nitrogens with two attached hydrogens (primary N) is 1. The van der Waals surface area contributed by atoms with E-state index in [1.165, 1.54) is 31.1 Å². The summed E-state index contributed by atoms with van der Waals surface area (Å²) < 4.78 is 11.4. The van der Waals surface area contributed by atoms with Gasteiger partial charge in [0, 0.05) is 17.8 Å². The molecule has 0 aromatic heterocycles. The van der Waals surface area contributed by atoms with Gasteiger partial charge in [-0.25, -0.2) is 0 Å². The molecule has 2 rings (SSSR count). The van der Waals surface area contributed by atoms with Crippen molar-refractivity contribution in [3.8, 4) is 0 Å². The number of benzene rings is 1. The van der Waals surface area contributed by atoms with Crippen LogP contribution in [0.25, 0.3) is 0 Å². The summed E-state index contributed by atoms with van der Waals surface area (Å²) in [5.41, 5.74) is 7.14. The van der Waals surface area contributed by atoms with Gasteiger partial charge >= 0.3 is 0 Å². The number of unbranched alkanes of at least 4 members (excludes halogenated alkanes) is 1. The molecule has 3 N–H and O–H groups in total. The number of ketones is 1. The number of rotatable bonds is 13. The zero-order chi connectivity index (χ0) is 22.8. The molecule has 1 fully saturated rings. The third kappa shape index (κ3) is 8.86. The second-order valence-corrected chi connectivity index (χ2v) is 10.4. The van der Waals surface area contributed by atoms with E-state index in [2.05, 4.69) is 53.1 Å². The molecule has 0 saturated carbocycles. The van der Waals surface area contributed by atoms with E-state index in [0.717, 1.165) is 25.0 Å². The van der Waals surface area contributed by atoms with Crippen LogP contribution in [0, 0.1) is 5.92 Å². The van der Waals surface area contributed by atoms with Crippen LogP contribution in [0.1, 0.15) is 51.5 Å². The van der Waals surface area contributed by atoms with Gasteiger partial charge in [0.15, 0.2) is 5.78 Å². The number of carbonyl (C=O) groups is 1. The molecule has 174 valence electrons. The fraction of sp³-hybridized carbons (Fsp3) is 0.625. The Kier molecular flexibility index (Phi) is 11.6. The van der Waals surface area contributed by atoms with E-state index < -0.39 is 24.5 Å². The second-order valence-electron chi connectivity index (χ2n) is 8.52. The molecule has 0 aliphatic carbocycles. The molecular weight excluding hydrogens is 429 g/mol. The van der Waals surface area contributed by atoms with Crippen LogP contribution in [0.2, 0.25) is 0 Å². The van der Waals surface area contributed by atoms with E-state index >= 15 is 0 Å². The van der Waals surface area contributed by atoms with Crippen LogP contribution in [0.5, 0.6) is 0 Å². The number of thioether (sulfide) groups is 1. The predicted molar refractivity (Wildman–Crippen MR) is 132 cm³/mol. The zero-order valence-electron chi connectivity index (χ0n) is 18.7. The Morgan fingerprint density at radius 1 is 1.32 bits per heavy atom. The number of aliphatic hydroxyl groups excluding tert-OH is 1. The van der Waals surface area contributed by atoms with Crippen LogP contribution in [-0.4, -0.2) is 46.8 Å². The van der Waals surface area contributed by atoms with E-state index in [9.17, 15) is 9.90 Å². The third-order valence-corrected chi connectivity index (χ3v) is 7.60. The zero-order valence-corrected chi connectivity index (χ0v) is 20.7. The summed E-state index contributed by atoms with van der Waals surface area (Å²) in [6.07, 6.45) is 2.62. The van der Waals surface area contributed by atoms with Gasteiger partial charge in [-0.1, -0.05) is 56.7 Å². The molecule has 7 atom stereocenters. The Morgan fingerprint density at radius 2 is 2.03 bits per heavy atom. The average molecular weight is 468 g/mol. The Labute approximate surface area is 193 Å². The second kappa shape index (κ2) is 13.6. The fourth-order valence-electron chi connectivity index (χ4n) is 3.60. The first-order chi connectivity index (χ1) is 14.8. The van der Waals surface area contributed by atoms with Gasteiger partial charge in [0.2, 0.25) is 6.29 Å². The number of Topliss-reactive ketones (excluding diaryl/α,β-unsaturated/α-hetero) is 1. The molecule has 1 aliphatic rings. The quantitative estimate of drug-likeness (QED) is 0.256. The molecule has 7 unspecified atom stereocenters. The van der Waals surface area contributed by atoms with E-state index in [4.69, 9.17) is 15.2 Å². The number of hydrogen-bond donors (Lipinski definition) is 2.